The van der Waals surface area contributed by atoms with Crippen LogP contribution in [0.4, 0.5) is 10.3 Å². The Labute approximate surface area is 95.1 Å². The van der Waals surface area contributed by atoms with Crippen LogP contribution in [0.25, 0.3) is 0 Å². The molecule has 0 amide bonds. The molecule has 16 heavy (non-hydrogen) atoms. The molecule has 0 atom stereocenters. The molecule has 8 heteroatoms. The summed E-state index contributed by atoms with van der Waals surface area (Å²) in [5.74, 6) is -0.0889. The number of hydrogen-bond donors (Lipinski definition) is 2. The molecule has 84 valence electrons. The number of aromatic nitrogens is 5. The van der Waals surface area contributed by atoms with E-state index < -0.39 is 5.82 Å². The van der Waals surface area contributed by atoms with E-state index in [4.69, 9.17) is 0 Å². The largest absolute Gasteiger partial charge is 0.354 e. The molecule has 0 aliphatic carbocycles. The van der Waals surface area contributed by atoms with E-state index in [0.717, 1.165) is 18.0 Å². The predicted octanol–water partition coefficient (Wildman–Crippen LogP) is 1.32. The zero-order valence-corrected chi connectivity index (χ0v) is 9.25. The van der Waals surface area contributed by atoms with E-state index in [-0.39, 0.29) is 5.03 Å². The van der Waals surface area contributed by atoms with Crippen LogP contribution in [0.1, 0.15) is 6.92 Å². The Morgan fingerprint density at radius 2 is 2.38 bits per heavy atom. The summed E-state index contributed by atoms with van der Waals surface area (Å²) in [4.78, 5) is 11.7. The van der Waals surface area contributed by atoms with Crippen molar-refractivity contribution in [2.75, 3.05) is 11.9 Å². The van der Waals surface area contributed by atoms with Gasteiger partial charge in [0.15, 0.2) is 11.0 Å². The summed E-state index contributed by atoms with van der Waals surface area (Å²) in [6.45, 7) is 2.59. The Bertz CT molecular complexity index is 460. The van der Waals surface area contributed by atoms with E-state index in [1.807, 2.05) is 6.92 Å². The summed E-state index contributed by atoms with van der Waals surface area (Å²) >= 11 is 1.07. The van der Waals surface area contributed by atoms with Crippen molar-refractivity contribution < 1.29 is 4.39 Å². The van der Waals surface area contributed by atoms with Gasteiger partial charge in [-0.15, -0.1) is 0 Å². The highest BCUT2D eigenvalue weighted by molar-refractivity contribution is 7.99. The van der Waals surface area contributed by atoms with Crippen molar-refractivity contribution in [3.8, 4) is 0 Å². The van der Waals surface area contributed by atoms with Gasteiger partial charge in [0.1, 0.15) is 11.4 Å². The van der Waals surface area contributed by atoms with Crippen LogP contribution in [-0.4, -0.2) is 31.7 Å². The van der Waals surface area contributed by atoms with Crippen LogP contribution >= 0.6 is 11.8 Å². The summed E-state index contributed by atoms with van der Waals surface area (Å²) in [6.07, 6.45) is 2.48. The van der Waals surface area contributed by atoms with Crippen molar-refractivity contribution in [3.05, 3.63) is 18.3 Å². The minimum Gasteiger partial charge on any atom is -0.354 e. The van der Waals surface area contributed by atoms with Gasteiger partial charge in [0.25, 0.3) is 0 Å². The van der Waals surface area contributed by atoms with Crippen LogP contribution in [0.2, 0.25) is 0 Å². The number of hydrogen-bond acceptors (Lipinski definition) is 6. The van der Waals surface area contributed by atoms with Crippen LogP contribution in [0, 0.1) is 5.82 Å². The fraction of sp³-hybridized carbons (Fsp3) is 0.250. The van der Waals surface area contributed by atoms with E-state index in [0.29, 0.717) is 17.6 Å². The highest BCUT2D eigenvalue weighted by atomic mass is 32.2. The van der Waals surface area contributed by atoms with Gasteiger partial charge in [-0.2, -0.15) is 5.10 Å². The first-order valence-corrected chi connectivity index (χ1v) is 5.41. The molecule has 0 saturated carbocycles. The molecule has 0 unspecified atom stereocenters. The molecule has 0 aromatic carbocycles. The van der Waals surface area contributed by atoms with Crippen molar-refractivity contribution in [1.29, 1.82) is 0 Å². The molecule has 2 heterocycles. The first-order valence-electron chi connectivity index (χ1n) is 4.59. The van der Waals surface area contributed by atoms with Crippen LogP contribution < -0.4 is 5.32 Å². The Morgan fingerprint density at radius 1 is 1.50 bits per heavy atom. The van der Waals surface area contributed by atoms with Gasteiger partial charge in [0, 0.05) is 6.54 Å². The molecule has 0 aliphatic heterocycles. The maximum Gasteiger partial charge on any atom is 0.223 e. The minimum atomic E-state index is -0.483. The average molecular weight is 240 g/mol. The van der Waals surface area contributed by atoms with Gasteiger partial charge in [0.05, 0.1) is 6.20 Å². The zero-order chi connectivity index (χ0) is 11.4. The number of rotatable bonds is 4. The van der Waals surface area contributed by atoms with Gasteiger partial charge in [0.2, 0.25) is 5.95 Å². The van der Waals surface area contributed by atoms with E-state index in [1.54, 1.807) is 0 Å². The van der Waals surface area contributed by atoms with Crippen LogP contribution in [-0.2, 0) is 0 Å². The third-order valence-electron chi connectivity index (χ3n) is 1.63. The lowest BCUT2D eigenvalue weighted by atomic mass is 10.6. The third kappa shape index (κ3) is 2.45. The van der Waals surface area contributed by atoms with Crippen LogP contribution in [0.3, 0.4) is 0 Å². The molecule has 6 nitrogen and oxygen atoms in total. The van der Waals surface area contributed by atoms with Crippen molar-refractivity contribution in [2.24, 2.45) is 0 Å². The first-order chi connectivity index (χ1) is 7.79. The summed E-state index contributed by atoms with van der Waals surface area (Å²) < 4.78 is 13.4. The number of nitrogens with one attached hydrogen (secondary N) is 2. The van der Waals surface area contributed by atoms with Crippen molar-refractivity contribution in [3.63, 3.8) is 0 Å². The maximum atomic E-state index is 13.4. The van der Waals surface area contributed by atoms with Crippen LogP contribution in [0.5, 0.6) is 0 Å². The molecule has 0 bridgehead atoms. The second-order valence-electron chi connectivity index (χ2n) is 2.77. The molecular formula is C8H9FN6S. The number of nitrogens with zero attached hydrogens (tertiary/aromatic N) is 4. The highest BCUT2D eigenvalue weighted by Crippen LogP contribution is 2.24. The van der Waals surface area contributed by atoms with Gasteiger partial charge in [-0.1, -0.05) is 0 Å². The Balaban J connectivity index is 2.21. The Kier molecular flexibility index (Phi) is 3.30. The average Bonchev–Trinajstić information content (AvgIpc) is 2.76. The van der Waals surface area contributed by atoms with Gasteiger partial charge < -0.3 is 5.32 Å². The summed E-state index contributed by atoms with van der Waals surface area (Å²) in [6, 6.07) is 0. The van der Waals surface area contributed by atoms with E-state index in [2.05, 4.69) is 30.5 Å². The third-order valence-corrected chi connectivity index (χ3v) is 2.50. The molecule has 0 aliphatic rings. The second-order valence-corrected chi connectivity index (χ2v) is 3.75. The molecule has 2 N–H and O–H groups in total. The molecule has 2 aromatic heterocycles. The van der Waals surface area contributed by atoms with Crippen LogP contribution in [0.15, 0.2) is 22.7 Å². The quantitative estimate of drug-likeness (QED) is 0.784. The van der Waals surface area contributed by atoms with Gasteiger partial charge in [-0.3, -0.25) is 5.10 Å². The van der Waals surface area contributed by atoms with Crippen molar-refractivity contribution in [2.45, 2.75) is 17.1 Å². The van der Waals surface area contributed by atoms with Crippen molar-refractivity contribution in [1.82, 2.24) is 25.1 Å². The van der Waals surface area contributed by atoms with Crippen molar-refractivity contribution >= 4 is 17.7 Å². The number of aromatic amines is 1. The lowest BCUT2D eigenvalue weighted by Crippen LogP contribution is -2.03. The number of anilines is 1. The molecular weight excluding hydrogens is 231 g/mol. The molecule has 0 radical (unpaired) electrons. The molecule has 2 aromatic rings. The molecule has 2 rings (SSSR count). The highest BCUT2D eigenvalue weighted by Gasteiger charge is 2.09. The standard InChI is InChI=1S/C8H9FN6S/c1-2-10-7-11-3-5(9)6(14-7)16-8-12-4-13-15-8/h3-4H,2H2,1H3,(H,10,11,14)(H,12,13,15). The lowest BCUT2D eigenvalue weighted by Gasteiger charge is -2.03. The summed E-state index contributed by atoms with van der Waals surface area (Å²) in [5.41, 5.74) is 0. The van der Waals surface area contributed by atoms with E-state index in [1.165, 1.54) is 6.33 Å². The maximum absolute atomic E-state index is 13.4. The fourth-order valence-corrected chi connectivity index (χ4v) is 1.67. The van der Waals surface area contributed by atoms with E-state index >= 15 is 0 Å². The monoisotopic (exact) mass is 240 g/mol. The second kappa shape index (κ2) is 4.88. The van der Waals surface area contributed by atoms with E-state index in [9.17, 15) is 4.39 Å². The predicted molar refractivity (Wildman–Crippen MR) is 56.7 cm³/mol. The molecule has 0 spiro atoms. The fourth-order valence-electron chi connectivity index (χ4n) is 1.00. The normalized spacial score (nSPS) is 10.4. The van der Waals surface area contributed by atoms with Gasteiger partial charge >= 0.3 is 0 Å². The summed E-state index contributed by atoms with van der Waals surface area (Å²) in [7, 11) is 0. The molecule has 0 fully saturated rings. The zero-order valence-electron chi connectivity index (χ0n) is 8.44. The first kappa shape index (κ1) is 10.8. The Morgan fingerprint density at radius 3 is 3.06 bits per heavy atom. The number of H-pyrrole nitrogens is 1. The summed E-state index contributed by atoms with van der Waals surface area (Å²) in [5, 5.41) is 9.89. The smallest absolute Gasteiger partial charge is 0.223 e. The Hall–Kier alpha value is -1.70. The SMILES string of the molecule is CCNc1ncc(F)c(Sc2ncn[nH]2)n1. The topological polar surface area (TPSA) is 79.4 Å². The number of halogens is 1. The molecule has 0 saturated heterocycles. The van der Waals surface area contributed by atoms with Gasteiger partial charge in [-0.25, -0.2) is 19.3 Å². The van der Waals surface area contributed by atoms with Gasteiger partial charge in [-0.05, 0) is 18.7 Å². The minimum absolute atomic E-state index is 0.211. The lowest BCUT2D eigenvalue weighted by molar-refractivity contribution is 0.579.